The van der Waals surface area contributed by atoms with Crippen molar-refractivity contribution in [2.75, 3.05) is 0 Å². The Morgan fingerprint density at radius 3 is 2.50 bits per heavy atom. The Kier molecular flexibility index (Phi) is 3.06. The Hall–Kier alpha value is -2.19. The van der Waals surface area contributed by atoms with Crippen molar-refractivity contribution >= 4 is 11.6 Å². The molecule has 1 aromatic rings. The van der Waals surface area contributed by atoms with E-state index >= 15 is 0 Å². The molecular formula is C7H4F3N3O3. The fourth-order valence-electron chi connectivity index (χ4n) is 1.08. The normalized spacial score (nSPS) is 10.5. The minimum atomic E-state index is -3.40. The number of nitro groups is 1. The summed E-state index contributed by atoms with van der Waals surface area (Å²) < 4.78 is 37.8. The Balaban J connectivity index is 3.63. The fourth-order valence-corrected chi connectivity index (χ4v) is 1.08. The monoisotopic (exact) mass is 235 g/mol. The number of carbonyl (C=O) groups is 1. The zero-order chi connectivity index (χ0) is 12.5. The summed E-state index contributed by atoms with van der Waals surface area (Å²) in [4.78, 5) is 22.5. The van der Waals surface area contributed by atoms with E-state index in [4.69, 9.17) is 5.73 Å². The van der Waals surface area contributed by atoms with Crippen LogP contribution in [0.1, 0.15) is 22.3 Å². The van der Waals surface area contributed by atoms with Gasteiger partial charge in [-0.25, -0.2) is 13.8 Å². The molecule has 0 radical (unpaired) electrons. The van der Waals surface area contributed by atoms with Crippen LogP contribution in [0.15, 0.2) is 6.20 Å². The van der Waals surface area contributed by atoms with Crippen LogP contribution in [-0.2, 0) is 0 Å². The molecule has 6 nitrogen and oxygen atoms in total. The topological polar surface area (TPSA) is 99.1 Å². The highest BCUT2D eigenvalue weighted by Gasteiger charge is 2.32. The molecule has 1 heterocycles. The molecule has 9 heteroatoms. The van der Waals surface area contributed by atoms with E-state index in [1.807, 2.05) is 0 Å². The van der Waals surface area contributed by atoms with Gasteiger partial charge in [0, 0.05) is 6.20 Å². The summed E-state index contributed by atoms with van der Waals surface area (Å²) >= 11 is 0. The van der Waals surface area contributed by atoms with Crippen LogP contribution >= 0.6 is 0 Å². The third kappa shape index (κ3) is 1.92. The lowest BCUT2D eigenvalue weighted by atomic mass is 10.1. The first kappa shape index (κ1) is 11.9. The van der Waals surface area contributed by atoms with Crippen LogP contribution < -0.4 is 5.73 Å². The van der Waals surface area contributed by atoms with Gasteiger partial charge in [-0.3, -0.25) is 14.9 Å². The molecule has 0 atom stereocenters. The van der Waals surface area contributed by atoms with Crippen LogP contribution in [0.2, 0.25) is 0 Å². The highest BCUT2D eigenvalue weighted by Crippen LogP contribution is 2.32. The molecule has 0 unspecified atom stereocenters. The number of amides is 1. The van der Waals surface area contributed by atoms with Gasteiger partial charge in [0.05, 0.1) is 10.5 Å². The molecule has 1 aromatic heterocycles. The van der Waals surface area contributed by atoms with Crippen molar-refractivity contribution in [2.24, 2.45) is 5.73 Å². The SMILES string of the molecule is NC(=O)c1cnc(F)c([N+](=O)[O-])c1C(F)F. The number of pyridine rings is 1. The molecule has 1 rings (SSSR count). The Morgan fingerprint density at radius 1 is 1.56 bits per heavy atom. The van der Waals surface area contributed by atoms with Crippen LogP contribution in [0.4, 0.5) is 18.9 Å². The first-order valence-electron chi connectivity index (χ1n) is 3.77. The van der Waals surface area contributed by atoms with E-state index in [1.165, 1.54) is 0 Å². The molecule has 0 aliphatic heterocycles. The summed E-state index contributed by atoms with van der Waals surface area (Å²) in [5.74, 6) is -3.03. The van der Waals surface area contributed by atoms with Gasteiger partial charge >= 0.3 is 5.69 Å². The van der Waals surface area contributed by atoms with Crippen molar-refractivity contribution in [1.29, 1.82) is 0 Å². The second-order valence-corrected chi connectivity index (χ2v) is 2.65. The third-order valence-corrected chi connectivity index (χ3v) is 1.71. The first-order valence-corrected chi connectivity index (χ1v) is 3.77. The van der Waals surface area contributed by atoms with Crippen molar-refractivity contribution in [3.63, 3.8) is 0 Å². The van der Waals surface area contributed by atoms with Crippen molar-refractivity contribution < 1.29 is 22.9 Å². The summed E-state index contributed by atoms with van der Waals surface area (Å²) in [6.07, 6.45) is -2.97. The van der Waals surface area contributed by atoms with E-state index < -0.39 is 40.0 Å². The van der Waals surface area contributed by atoms with E-state index in [2.05, 4.69) is 4.98 Å². The number of rotatable bonds is 3. The summed E-state index contributed by atoms with van der Waals surface area (Å²) in [7, 11) is 0. The molecule has 0 spiro atoms. The number of hydrogen-bond donors (Lipinski definition) is 1. The fraction of sp³-hybridized carbons (Fsp3) is 0.143. The van der Waals surface area contributed by atoms with Gasteiger partial charge in [0.2, 0.25) is 0 Å². The Morgan fingerprint density at radius 2 is 2.12 bits per heavy atom. The van der Waals surface area contributed by atoms with Gasteiger partial charge in [-0.15, -0.1) is 0 Å². The van der Waals surface area contributed by atoms with Gasteiger partial charge < -0.3 is 5.73 Å². The minimum absolute atomic E-state index is 0.437. The van der Waals surface area contributed by atoms with Crippen LogP contribution in [0.5, 0.6) is 0 Å². The molecule has 2 N–H and O–H groups in total. The van der Waals surface area contributed by atoms with E-state index in [0.29, 0.717) is 6.20 Å². The molecule has 1 amide bonds. The average Bonchev–Trinajstić information content (AvgIpc) is 2.15. The molecule has 16 heavy (non-hydrogen) atoms. The number of carbonyl (C=O) groups excluding carboxylic acids is 1. The number of nitrogens with zero attached hydrogens (tertiary/aromatic N) is 2. The number of nitrogens with two attached hydrogens (primary N) is 1. The summed E-state index contributed by atoms with van der Waals surface area (Å²) in [5.41, 5.74) is 0.950. The molecule has 0 fully saturated rings. The number of hydrogen-bond acceptors (Lipinski definition) is 4. The predicted molar refractivity (Wildman–Crippen MR) is 44.3 cm³/mol. The van der Waals surface area contributed by atoms with Gasteiger partial charge in [0.25, 0.3) is 18.3 Å². The number of primary amides is 1. The van der Waals surface area contributed by atoms with Crippen LogP contribution in [0.3, 0.4) is 0 Å². The van der Waals surface area contributed by atoms with Crippen molar-refractivity contribution in [3.8, 4) is 0 Å². The Bertz CT molecular complexity index is 464. The van der Waals surface area contributed by atoms with Gasteiger partial charge in [0.1, 0.15) is 5.56 Å². The maximum atomic E-state index is 12.9. The van der Waals surface area contributed by atoms with Crippen LogP contribution in [-0.4, -0.2) is 15.8 Å². The summed E-state index contributed by atoms with van der Waals surface area (Å²) in [6.45, 7) is 0. The first-order chi connectivity index (χ1) is 7.36. The molecular weight excluding hydrogens is 231 g/mol. The zero-order valence-corrected chi connectivity index (χ0v) is 7.49. The van der Waals surface area contributed by atoms with Crippen molar-refractivity contribution in [3.05, 3.63) is 33.4 Å². The van der Waals surface area contributed by atoms with Gasteiger partial charge in [-0.1, -0.05) is 0 Å². The lowest BCUT2D eigenvalue weighted by Crippen LogP contribution is -2.17. The molecule has 86 valence electrons. The average molecular weight is 235 g/mol. The molecule has 0 aromatic carbocycles. The van der Waals surface area contributed by atoms with E-state index in [0.717, 1.165) is 0 Å². The molecule has 0 saturated carbocycles. The highest BCUT2D eigenvalue weighted by atomic mass is 19.3. The lowest BCUT2D eigenvalue weighted by Gasteiger charge is -2.05. The second kappa shape index (κ2) is 4.13. The van der Waals surface area contributed by atoms with Crippen LogP contribution in [0.25, 0.3) is 0 Å². The van der Waals surface area contributed by atoms with Crippen molar-refractivity contribution in [1.82, 2.24) is 4.98 Å². The molecule has 0 bridgehead atoms. The zero-order valence-electron chi connectivity index (χ0n) is 7.49. The summed E-state index contributed by atoms with van der Waals surface area (Å²) in [6, 6.07) is 0. The Labute approximate surface area is 86.0 Å². The number of halogens is 3. The number of aromatic nitrogens is 1. The predicted octanol–water partition coefficient (Wildman–Crippen LogP) is 1.17. The lowest BCUT2D eigenvalue weighted by molar-refractivity contribution is -0.389. The van der Waals surface area contributed by atoms with E-state index in [1.54, 1.807) is 0 Å². The molecule has 0 saturated heterocycles. The van der Waals surface area contributed by atoms with Gasteiger partial charge in [-0.2, -0.15) is 4.39 Å². The van der Waals surface area contributed by atoms with Crippen molar-refractivity contribution in [2.45, 2.75) is 6.43 Å². The van der Waals surface area contributed by atoms with E-state index in [9.17, 15) is 28.1 Å². The standard InChI is InChI=1S/C7H4F3N3O3/c8-5(9)3-2(7(11)14)1-12-6(10)4(3)13(15)16/h1,5H,(H2,11,14). The quantitative estimate of drug-likeness (QED) is 0.482. The maximum absolute atomic E-state index is 12.9. The third-order valence-electron chi connectivity index (χ3n) is 1.71. The van der Waals surface area contributed by atoms with E-state index in [-0.39, 0.29) is 0 Å². The second-order valence-electron chi connectivity index (χ2n) is 2.65. The minimum Gasteiger partial charge on any atom is -0.366 e. The molecule has 0 aliphatic rings. The summed E-state index contributed by atoms with van der Waals surface area (Å²) in [5, 5.41) is 10.4. The van der Waals surface area contributed by atoms with Gasteiger partial charge in [-0.05, 0) is 0 Å². The maximum Gasteiger partial charge on any atom is 0.333 e. The van der Waals surface area contributed by atoms with Crippen LogP contribution in [0, 0.1) is 16.1 Å². The van der Waals surface area contributed by atoms with Gasteiger partial charge in [0.15, 0.2) is 0 Å². The molecule has 0 aliphatic carbocycles. The highest BCUT2D eigenvalue weighted by molar-refractivity contribution is 5.95. The smallest absolute Gasteiger partial charge is 0.333 e. The largest absolute Gasteiger partial charge is 0.366 e. The number of alkyl halides is 2.